The smallest absolute Gasteiger partial charge is 0.339 e. The first kappa shape index (κ1) is 21.0. The summed E-state index contributed by atoms with van der Waals surface area (Å²) in [6, 6.07) is 19.6. The molecule has 0 fully saturated rings. The Bertz CT molecular complexity index is 1220. The Hall–Kier alpha value is -3.70. The van der Waals surface area contributed by atoms with E-state index < -0.39 is 28.4 Å². The summed E-state index contributed by atoms with van der Waals surface area (Å²) in [6.07, 6.45) is 0. The lowest BCUT2D eigenvalue weighted by molar-refractivity contribution is 0.0464. The summed E-state index contributed by atoms with van der Waals surface area (Å²) in [5.41, 5.74) is 0.493. The average molecular weight is 424 g/mol. The van der Waals surface area contributed by atoms with Gasteiger partial charge in [0.15, 0.2) is 0 Å². The second-order valence-corrected chi connectivity index (χ2v) is 8.24. The number of benzene rings is 3. The van der Waals surface area contributed by atoms with E-state index in [1.807, 2.05) is 6.07 Å². The topological polar surface area (TPSA) is 87.5 Å². The minimum absolute atomic E-state index is 0.0177. The van der Waals surface area contributed by atoms with Crippen molar-refractivity contribution in [1.29, 1.82) is 5.26 Å². The van der Waals surface area contributed by atoms with Gasteiger partial charge in [-0.1, -0.05) is 30.3 Å². The molecule has 3 aromatic rings. The van der Waals surface area contributed by atoms with Crippen LogP contribution < -0.4 is 4.31 Å². The zero-order chi connectivity index (χ0) is 21.7. The van der Waals surface area contributed by atoms with Crippen molar-refractivity contribution in [3.63, 3.8) is 0 Å². The van der Waals surface area contributed by atoms with Crippen LogP contribution in [-0.2, 0) is 21.4 Å². The van der Waals surface area contributed by atoms with Gasteiger partial charge in [0, 0.05) is 12.6 Å². The predicted molar refractivity (Wildman–Crippen MR) is 109 cm³/mol. The van der Waals surface area contributed by atoms with Gasteiger partial charge in [0.05, 0.1) is 22.9 Å². The molecule has 0 radical (unpaired) electrons. The van der Waals surface area contributed by atoms with Crippen LogP contribution in [0.1, 0.15) is 21.5 Å². The van der Waals surface area contributed by atoms with E-state index in [9.17, 15) is 17.6 Å². The fourth-order valence-corrected chi connectivity index (χ4v) is 4.13. The molecular formula is C22H17FN2O4S. The lowest BCUT2D eigenvalue weighted by Crippen LogP contribution is -2.28. The molecule has 3 aromatic carbocycles. The molecule has 0 N–H and O–H groups in total. The number of para-hydroxylation sites is 1. The molecule has 152 valence electrons. The highest BCUT2D eigenvalue weighted by Gasteiger charge is 2.27. The number of hydrogen-bond donors (Lipinski definition) is 0. The molecule has 6 nitrogen and oxygen atoms in total. The molecule has 3 rings (SSSR count). The number of nitrogens with zero attached hydrogens (tertiary/aromatic N) is 2. The quantitative estimate of drug-likeness (QED) is 0.561. The predicted octanol–water partition coefficient (Wildman–Crippen LogP) is 3.88. The number of carbonyl (C=O) groups excluding carboxylic acids is 1. The van der Waals surface area contributed by atoms with Gasteiger partial charge in [-0.15, -0.1) is 0 Å². The molecule has 0 aliphatic heterocycles. The molecule has 30 heavy (non-hydrogen) atoms. The van der Waals surface area contributed by atoms with Crippen LogP contribution in [0.2, 0.25) is 0 Å². The monoisotopic (exact) mass is 424 g/mol. The largest absolute Gasteiger partial charge is 0.457 e. The number of ether oxygens (including phenoxy) is 1. The summed E-state index contributed by atoms with van der Waals surface area (Å²) in [7, 11) is -2.67. The Labute approximate surface area is 173 Å². The van der Waals surface area contributed by atoms with Gasteiger partial charge in [-0.2, -0.15) is 5.26 Å². The van der Waals surface area contributed by atoms with Crippen LogP contribution in [0.3, 0.4) is 0 Å². The number of nitriles is 1. The maximum absolute atomic E-state index is 13.9. The van der Waals surface area contributed by atoms with Crippen LogP contribution in [0.25, 0.3) is 0 Å². The second-order valence-electron chi connectivity index (χ2n) is 6.30. The first-order chi connectivity index (χ1) is 14.3. The van der Waals surface area contributed by atoms with Crippen LogP contribution >= 0.6 is 0 Å². The number of carbonyl (C=O) groups is 1. The van der Waals surface area contributed by atoms with E-state index >= 15 is 0 Å². The minimum Gasteiger partial charge on any atom is -0.457 e. The third-order valence-electron chi connectivity index (χ3n) is 4.40. The Morgan fingerprint density at radius 3 is 2.43 bits per heavy atom. The van der Waals surface area contributed by atoms with Crippen LogP contribution in [0.4, 0.5) is 10.1 Å². The zero-order valence-corrected chi connectivity index (χ0v) is 16.8. The molecule has 0 spiro atoms. The van der Waals surface area contributed by atoms with E-state index in [1.54, 1.807) is 30.3 Å². The van der Waals surface area contributed by atoms with E-state index in [2.05, 4.69) is 0 Å². The van der Waals surface area contributed by atoms with Gasteiger partial charge in [-0.25, -0.2) is 17.6 Å². The summed E-state index contributed by atoms with van der Waals surface area (Å²) < 4.78 is 46.3. The maximum atomic E-state index is 13.9. The van der Waals surface area contributed by atoms with Crippen LogP contribution in [0.5, 0.6) is 0 Å². The number of halogens is 1. The maximum Gasteiger partial charge on any atom is 0.339 e. The highest BCUT2D eigenvalue weighted by atomic mass is 32.2. The van der Waals surface area contributed by atoms with Crippen LogP contribution in [0, 0.1) is 17.1 Å². The zero-order valence-electron chi connectivity index (χ0n) is 15.9. The highest BCUT2D eigenvalue weighted by molar-refractivity contribution is 7.92. The Balaban J connectivity index is 1.88. The summed E-state index contributed by atoms with van der Waals surface area (Å²) in [6.45, 7) is -0.441. The molecule has 8 heteroatoms. The SMILES string of the molecule is CN(c1ccccc1)S(=O)(=O)c1ccccc1C(=O)OCc1cc(C#N)ccc1F. The van der Waals surface area contributed by atoms with Gasteiger partial charge in [0.2, 0.25) is 0 Å². The van der Waals surface area contributed by atoms with Crippen LogP contribution in [0.15, 0.2) is 77.7 Å². The van der Waals surface area contributed by atoms with Crippen molar-refractivity contribution in [2.24, 2.45) is 0 Å². The minimum atomic E-state index is -4.05. The number of anilines is 1. The lowest BCUT2D eigenvalue weighted by atomic mass is 10.1. The van der Waals surface area contributed by atoms with Gasteiger partial charge in [-0.3, -0.25) is 4.31 Å². The third kappa shape index (κ3) is 4.31. The van der Waals surface area contributed by atoms with Crippen molar-refractivity contribution in [1.82, 2.24) is 0 Å². The summed E-state index contributed by atoms with van der Waals surface area (Å²) in [5.74, 6) is -1.55. The number of hydrogen-bond acceptors (Lipinski definition) is 5. The van der Waals surface area contributed by atoms with Gasteiger partial charge < -0.3 is 4.74 Å². The normalized spacial score (nSPS) is 10.8. The Morgan fingerprint density at radius 2 is 1.73 bits per heavy atom. The number of rotatable bonds is 6. The molecule has 0 aliphatic carbocycles. The summed E-state index contributed by atoms with van der Waals surface area (Å²) in [5, 5.41) is 8.93. The first-order valence-electron chi connectivity index (χ1n) is 8.83. The molecule has 0 aliphatic rings. The molecule has 0 saturated heterocycles. The van der Waals surface area contributed by atoms with E-state index in [1.165, 1.54) is 43.4 Å². The summed E-state index contributed by atoms with van der Waals surface area (Å²) in [4.78, 5) is 12.4. The van der Waals surface area contributed by atoms with Crippen molar-refractivity contribution in [2.45, 2.75) is 11.5 Å². The Morgan fingerprint density at radius 1 is 1.07 bits per heavy atom. The number of esters is 1. The summed E-state index contributed by atoms with van der Waals surface area (Å²) >= 11 is 0. The van der Waals surface area contributed by atoms with Crippen molar-refractivity contribution in [2.75, 3.05) is 11.4 Å². The van der Waals surface area contributed by atoms with Crippen molar-refractivity contribution in [3.8, 4) is 6.07 Å². The van der Waals surface area contributed by atoms with Crippen molar-refractivity contribution in [3.05, 3.63) is 95.3 Å². The number of sulfonamides is 1. The van der Waals surface area contributed by atoms with E-state index in [4.69, 9.17) is 10.00 Å². The highest BCUT2D eigenvalue weighted by Crippen LogP contribution is 2.25. The van der Waals surface area contributed by atoms with E-state index in [0.717, 1.165) is 10.4 Å². The molecule has 0 saturated carbocycles. The molecule has 0 aromatic heterocycles. The average Bonchev–Trinajstić information content (AvgIpc) is 2.78. The molecular weight excluding hydrogens is 407 g/mol. The van der Waals surface area contributed by atoms with Crippen LogP contribution in [-0.4, -0.2) is 21.4 Å². The van der Waals surface area contributed by atoms with Gasteiger partial charge >= 0.3 is 5.97 Å². The van der Waals surface area contributed by atoms with Gasteiger partial charge in [0.25, 0.3) is 10.0 Å². The third-order valence-corrected chi connectivity index (χ3v) is 6.24. The van der Waals surface area contributed by atoms with Gasteiger partial charge in [0.1, 0.15) is 17.3 Å². The molecule has 0 amide bonds. The molecule has 0 heterocycles. The van der Waals surface area contributed by atoms with Crippen molar-refractivity contribution < 1.29 is 22.3 Å². The van der Waals surface area contributed by atoms with Gasteiger partial charge in [-0.05, 0) is 42.5 Å². The second kappa shape index (κ2) is 8.76. The fourth-order valence-electron chi connectivity index (χ4n) is 2.76. The Kier molecular flexibility index (Phi) is 6.14. The molecule has 0 unspecified atom stereocenters. The first-order valence-corrected chi connectivity index (χ1v) is 10.3. The fraction of sp³-hybridized carbons (Fsp3) is 0.0909. The van der Waals surface area contributed by atoms with E-state index in [-0.39, 0.29) is 21.6 Å². The molecule has 0 bridgehead atoms. The van der Waals surface area contributed by atoms with E-state index in [0.29, 0.717) is 5.69 Å². The standard InChI is InChI=1S/C22H17FN2O4S/c1-25(18-7-3-2-4-8-18)30(27,28)21-10-6-5-9-19(21)22(26)29-15-17-13-16(14-24)11-12-20(17)23/h2-13H,15H2,1H3. The molecule has 0 atom stereocenters. The van der Waals surface area contributed by atoms with Crippen molar-refractivity contribution >= 4 is 21.7 Å². The lowest BCUT2D eigenvalue weighted by Gasteiger charge is -2.20.